The van der Waals surface area contributed by atoms with Gasteiger partial charge in [-0.05, 0) is 82.5 Å². The summed E-state index contributed by atoms with van der Waals surface area (Å²) in [5, 5.41) is 20.0. The first kappa shape index (κ1) is 27.4. The molecular weight excluding hydrogens is 579 g/mol. The van der Waals surface area contributed by atoms with Crippen molar-refractivity contribution in [3.63, 3.8) is 0 Å². The second-order valence-electron chi connectivity index (χ2n) is 8.13. The van der Waals surface area contributed by atoms with Crippen LogP contribution in [-0.2, 0) is 6.61 Å². The number of benzene rings is 3. The molecule has 9 nitrogen and oxygen atoms in total. The minimum absolute atomic E-state index is 0.186. The average molecular weight is 603 g/mol. The molecule has 0 aliphatic carbocycles. The predicted molar refractivity (Wildman–Crippen MR) is 145 cm³/mol. The summed E-state index contributed by atoms with van der Waals surface area (Å²) in [6, 6.07) is 16.9. The van der Waals surface area contributed by atoms with Crippen molar-refractivity contribution in [1.29, 1.82) is 0 Å². The van der Waals surface area contributed by atoms with Crippen LogP contribution in [-0.4, -0.2) is 40.5 Å². The monoisotopic (exact) mass is 602 g/mol. The number of rotatable bonds is 11. The van der Waals surface area contributed by atoms with Crippen molar-refractivity contribution < 1.29 is 23.5 Å². The molecule has 0 radical (unpaired) electrons. The molecule has 0 amide bonds. The summed E-state index contributed by atoms with van der Waals surface area (Å²) in [7, 11) is 3.09. The molecule has 12 heteroatoms. The smallest absolute Gasteiger partial charge is 0.220 e. The summed E-state index contributed by atoms with van der Waals surface area (Å²) < 4.78 is 32.4. The highest BCUT2D eigenvalue weighted by molar-refractivity contribution is 9.10. The normalized spacial score (nSPS) is 11.7. The highest BCUT2D eigenvalue weighted by Gasteiger charge is 2.26. The fourth-order valence-corrected chi connectivity index (χ4v) is 5.45. The van der Waals surface area contributed by atoms with Crippen molar-refractivity contribution >= 4 is 27.7 Å². The van der Waals surface area contributed by atoms with Crippen LogP contribution in [0.15, 0.2) is 70.3 Å². The lowest BCUT2D eigenvalue weighted by atomic mass is 10.1. The summed E-state index contributed by atoms with van der Waals surface area (Å²) in [4.78, 5) is 11.3. The highest BCUT2D eigenvalue weighted by Crippen LogP contribution is 2.43. The Balaban J connectivity index is 1.64. The highest BCUT2D eigenvalue weighted by atomic mass is 79.9. The number of hydrogen-bond acceptors (Lipinski definition) is 8. The zero-order chi connectivity index (χ0) is 27.2. The molecule has 0 unspecified atom stereocenters. The van der Waals surface area contributed by atoms with Gasteiger partial charge in [0.05, 0.1) is 18.7 Å². The fourth-order valence-electron chi connectivity index (χ4n) is 3.72. The van der Waals surface area contributed by atoms with Gasteiger partial charge in [0.2, 0.25) is 6.54 Å². The number of methoxy groups -OCH3 is 2. The molecule has 0 N–H and O–H groups in total. The molecule has 0 bridgehead atoms. The van der Waals surface area contributed by atoms with Gasteiger partial charge in [-0.2, -0.15) is 0 Å². The molecule has 198 valence electrons. The zero-order valence-electron chi connectivity index (χ0n) is 20.8. The molecule has 1 heterocycles. The van der Waals surface area contributed by atoms with Crippen LogP contribution >= 0.6 is 27.7 Å². The molecule has 1 aromatic heterocycles. The zero-order valence-corrected chi connectivity index (χ0v) is 23.2. The van der Waals surface area contributed by atoms with E-state index >= 15 is 0 Å². The van der Waals surface area contributed by atoms with E-state index in [1.807, 2.05) is 35.8 Å². The van der Waals surface area contributed by atoms with Crippen LogP contribution in [0.1, 0.15) is 22.2 Å². The number of nitrogens with zero attached hydrogens (tertiary/aromatic N) is 4. The molecule has 0 spiro atoms. The molecule has 0 fully saturated rings. The number of thioether (sulfide) groups is 1. The number of halogens is 2. The molecule has 0 saturated carbocycles. The van der Waals surface area contributed by atoms with Crippen molar-refractivity contribution in [1.82, 2.24) is 14.8 Å². The van der Waals surface area contributed by atoms with E-state index in [2.05, 4.69) is 26.1 Å². The summed E-state index contributed by atoms with van der Waals surface area (Å²) in [6.07, 6.45) is 0. The maximum absolute atomic E-state index is 13.2. The van der Waals surface area contributed by atoms with E-state index in [0.29, 0.717) is 38.3 Å². The van der Waals surface area contributed by atoms with Crippen LogP contribution in [0.4, 0.5) is 4.39 Å². The number of aromatic nitrogens is 3. The lowest BCUT2D eigenvalue weighted by molar-refractivity contribution is -0.479. The minimum atomic E-state index is -0.609. The fraction of sp³-hybridized carbons (Fsp3) is 0.231. The Morgan fingerprint density at radius 2 is 1.79 bits per heavy atom. The summed E-state index contributed by atoms with van der Waals surface area (Å²) in [5.74, 6) is 1.85. The van der Waals surface area contributed by atoms with Crippen molar-refractivity contribution in [2.45, 2.75) is 23.9 Å². The second kappa shape index (κ2) is 12.3. The van der Waals surface area contributed by atoms with Gasteiger partial charge >= 0.3 is 0 Å². The van der Waals surface area contributed by atoms with Crippen LogP contribution in [0.2, 0.25) is 0 Å². The van der Waals surface area contributed by atoms with Gasteiger partial charge in [-0.15, -0.1) is 10.2 Å². The first-order chi connectivity index (χ1) is 18.3. The molecule has 4 rings (SSSR count). The quantitative estimate of drug-likeness (QED) is 0.114. The van der Waals surface area contributed by atoms with Crippen molar-refractivity contribution in [3.05, 3.63) is 98.0 Å². The number of nitro groups is 1. The Hall–Kier alpha value is -3.64. The molecule has 0 aliphatic rings. The van der Waals surface area contributed by atoms with Gasteiger partial charge in [0, 0.05) is 10.6 Å². The van der Waals surface area contributed by atoms with Crippen molar-refractivity contribution in [3.8, 4) is 22.9 Å². The van der Waals surface area contributed by atoms with E-state index in [-0.39, 0.29) is 23.9 Å². The van der Waals surface area contributed by atoms with Gasteiger partial charge in [0.15, 0.2) is 16.7 Å². The Bertz CT molecular complexity index is 1420. The van der Waals surface area contributed by atoms with Gasteiger partial charge in [-0.3, -0.25) is 14.7 Å². The van der Waals surface area contributed by atoms with Gasteiger partial charge in [0.25, 0.3) is 0 Å². The topological polar surface area (TPSA) is 102 Å². The standard InChI is InChI=1S/C26H24BrFN4O5S/c1-16-29-30-26(32(16)20-8-10-21(35-2)11-9-20)38-24(14-31(33)34)18-12-22(27)25(23(13-18)36-3)37-15-17-4-6-19(28)7-5-17/h4-13,24H,14-15H2,1-3H3/t24-/m0/s1. The number of aryl methyl sites for hydroxylation is 1. The third kappa shape index (κ3) is 6.43. The van der Waals surface area contributed by atoms with Crippen molar-refractivity contribution in [2.75, 3.05) is 20.8 Å². The number of hydrogen-bond donors (Lipinski definition) is 0. The van der Waals surface area contributed by atoms with E-state index in [1.54, 1.807) is 31.4 Å². The van der Waals surface area contributed by atoms with Crippen LogP contribution in [0.25, 0.3) is 5.69 Å². The average Bonchev–Trinajstić information content (AvgIpc) is 3.27. The summed E-state index contributed by atoms with van der Waals surface area (Å²) in [6.45, 7) is 1.65. The Morgan fingerprint density at radius 1 is 1.08 bits per heavy atom. The first-order valence-electron chi connectivity index (χ1n) is 11.4. The number of ether oxygens (including phenoxy) is 3. The minimum Gasteiger partial charge on any atom is -0.497 e. The SMILES string of the molecule is COc1ccc(-n2c(C)nnc2S[C@@H](C[N+](=O)[O-])c2cc(Br)c(OCc3ccc(F)cc3)c(OC)c2)cc1. The third-order valence-corrected chi connectivity index (χ3v) is 7.38. The Kier molecular flexibility index (Phi) is 8.85. The predicted octanol–water partition coefficient (Wildman–Crippen LogP) is 6.18. The van der Waals surface area contributed by atoms with Gasteiger partial charge in [-0.25, -0.2) is 4.39 Å². The Morgan fingerprint density at radius 3 is 2.42 bits per heavy atom. The molecule has 0 saturated heterocycles. The van der Waals surface area contributed by atoms with Gasteiger partial charge in [-0.1, -0.05) is 23.9 Å². The molecule has 38 heavy (non-hydrogen) atoms. The van der Waals surface area contributed by atoms with E-state index in [1.165, 1.54) is 31.0 Å². The van der Waals surface area contributed by atoms with Crippen LogP contribution in [0.5, 0.6) is 17.2 Å². The van der Waals surface area contributed by atoms with Crippen LogP contribution < -0.4 is 14.2 Å². The third-order valence-electron chi connectivity index (χ3n) is 5.61. The van der Waals surface area contributed by atoms with E-state index in [9.17, 15) is 14.5 Å². The van der Waals surface area contributed by atoms with Gasteiger partial charge in [0.1, 0.15) is 29.2 Å². The van der Waals surface area contributed by atoms with Gasteiger partial charge < -0.3 is 14.2 Å². The van der Waals surface area contributed by atoms with Crippen LogP contribution in [0.3, 0.4) is 0 Å². The van der Waals surface area contributed by atoms with Crippen LogP contribution in [0, 0.1) is 22.9 Å². The summed E-state index contributed by atoms with van der Waals surface area (Å²) >= 11 is 4.76. The lowest BCUT2D eigenvalue weighted by Crippen LogP contribution is -2.12. The molecule has 3 aromatic carbocycles. The molecule has 1 atom stereocenters. The first-order valence-corrected chi connectivity index (χ1v) is 13.1. The van der Waals surface area contributed by atoms with E-state index in [0.717, 1.165) is 11.3 Å². The van der Waals surface area contributed by atoms with E-state index < -0.39 is 5.25 Å². The maximum Gasteiger partial charge on any atom is 0.220 e. The Labute approximate surface area is 231 Å². The molecule has 4 aromatic rings. The largest absolute Gasteiger partial charge is 0.497 e. The maximum atomic E-state index is 13.2. The van der Waals surface area contributed by atoms with E-state index in [4.69, 9.17) is 14.2 Å². The second-order valence-corrected chi connectivity index (χ2v) is 10.2. The lowest BCUT2D eigenvalue weighted by Gasteiger charge is -2.18. The van der Waals surface area contributed by atoms with Crippen molar-refractivity contribution in [2.24, 2.45) is 0 Å². The molecular formula is C26H24BrFN4O5S. The molecule has 0 aliphatic heterocycles. The summed E-state index contributed by atoms with van der Waals surface area (Å²) in [5.41, 5.74) is 2.23.